The number of nitrogens with zero attached hydrogens (tertiary/aromatic N) is 6. The molecule has 13 rings (SSSR count). The maximum atomic E-state index is 11.7. The van der Waals surface area contributed by atoms with Crippen LogP contribution in [0.2, 0.25) is 0 Å². The van der Waals surface area contributed by atoms with Gasteiger partial charge in [-0.3, -0.25) is 9.97 Å². The van der Waals surface area contributed by atoms with E-state index in [-0.39, 0.29) is 0 Å². The van der Waals surface area contributed by atoms with Crippen molar-refractivity contribution in [1.82, 2.24) is 19.1 Å². The summed E-state index contributed by atoms with van der Waals surface area (Å²) in [5, 5.41) is 22.8. The van der Waals surface area contributed by atoms with Crippen LogP contribution in [0.15, 0.2) is 170 Å². The van der Waals surface area contributed by atoms with E-state index in [0.29, 0.717) is 28.2 Å². The van der Waals surface area contributed by atoms with E-state index in [0.717, 1.165) is 81.8 Å². The summed E-state index contributed by atoms with van der Waals surface area (Å²) < 4.78 is 6.92. The molecule has 5 aromatic heterocycles. The number of hydrogen-bond donors (Lipinski definition) is 0. The zero-order valence-electron chi connectivity index (χ0n) is 32.3. The van der Waals surface area contributed by atoms with Crippen molar-refractivity contribution in [3.63, 3.8) is 0 Å². The molecule has 5 heterocycles. The van der Waals surface area contributed by atoms with E-state index in [1.165, 1.54) is 20.2 Å². The van der Waals surface area contributed by atoms with E-state index >= 15 is 0 Å². The SMILES string of the molecule is [C-]#[N+]c1c(-c2ccccc2)c(C#N)c(-n2c3ccccc3c3c4sc5ccccc5c4ccc32)c(-c2ccccc2)c1-n1c2cncc3c4ccccc4c4cncc1c4c32. The van der Waals surface area contributed by atoms with Crippen molar-refractivity contribution >= 4 is 102 Å². The molecule has 0 unspecified atom stereocenters. The average molecular weight is 793 g/mol. The van der Waals surface area contributed by atoms with E-state index < -0.39 is 0 Å². The number of para-hydroxylation sites is 1. The van der Waals surface area contributed by atoms with Crippen molar-refractivity contribution in [2.45, 2.75) is 0 Å². The first kappa shape index (κ1) is 33.6. The fourth-order valence-corrected chi connectivity index (χ4v) is 11.4. The Labute approximate surface area is 352 Å². The molecule has 7 heteroatoms. The summed E-state index contributed by atoms with van der Waals surface area (Å²) in [5.74, 6) is 0. The Morgan fingerprint density at radius 1 is 0.475 bits per heavy atom. The molecular weight excluding hydrogens is 765 g/mol. The highest BCUT2D eigenvalue weighted by molar-refractivity contribution is 7.26. The molecule has 280 valence electrons. The van der Waals surface area contributed by atoms with Gasteiger partial charge in [-0.2, -0.15) is 5.26 Å². The Kier molecular flexibility index (Phi) is 6.92. The number of thiophene rings is 1. The Morgan fingerprint density at radius 2 is 1.03 bits per heavy atom. The molecule has 61 heavy (non-hydrogen) atoms. The normalized spacial score (nSPS) is 11.9. The summed E-state index contributed by atoms with van der Waals surface area (Å²) in [6.45, 7) is 9.14. The molecule has 0 aliphatic heterocycles. The van der Waals surface area contributed by atoms with Gasteiger partial charge < -0.3 is 9.13 Å². The predicted octanol–water partition coefficient (Wildman–Crippen LogP) is 14.5. The van der Waals surface area contributed by atoms with Gasteiger partial charge in [0, 0.05) is 76.0 Å². The summed E-state index contributed by atoms with van der Waals surface area (Å²) in [7, 11) is 0. The van der Waals surface area contributed by atoms with Crippen LogP contribution in [0.3, 0.4) is 0 Å². The number of fused-ring (bicyclic) bond motifs is 10. The summed E-state index contributed by atoms with van der Waals surface area (Å²) >= 11 is 1.80. The second-order valence-corrected chi connectivity index (χ2v) is 16.5. The average Bonchev–Trinajstić information content (AvgIpc) is 3.99. The topological polar surface area (TPSA) is 63.8 Å². The highest BCUT2D eigenvalue weighted by atomic mass is 32.1. The molecular formula is C54H28N6S. The van der Waals surface area contributed by atoms with Crippen LogP contribution in [0, 0.1) is 17.9 Å². The van der Waals surface area contributed by atoms with Crippen LogP contribution in [0.25, 0.3) is 124 Å². The number of nitriles is 1. The third-order valence-electron chi connectivity index (χ3n) is 12.5. The molecule has 0 atom stereocenters. The van der Waals surface area contributed by atoms with Gasteiger partial charge in [0.25, 0.3) is 0 Å². The van der Waals surface area contributed by atoms with E-state index in [9.17, 15) is 5.26 Å². The summed E-state index contributed by atoms with van der Waals surface area (Å²) in [4.78, 5) is 14.2. The molecule has 0 amide bonds. The molecule has 0 saturated carbocycles. The summed E-state index contributed by atoms with van der Waals surface area (Å²) in [6, 6.07) is 52.8. The quantitative estimate of drug-likeness (QED) is 0.132. The molecule has 6 nitrogen and oxygen atoms in total. The minimum Gasteiger partial charge on any atom is -0.315 e. The summed E-state index contributed by atoms with van der Waals surface area (Å²) in [6.07, 6.45) is 7.73. The predicted molar refractivity (Wildman–Crippen MR) is 252 cm³/mol. The van der Waals surface area contributed by atoms with Crippen molar-refractivity contribution in [3.8, 4) is 39.7 Å². The highest BCUT2D eigenvalue weighted by Crippen LogP contribution is 2.54. The van der Waals surface area contributed by atoms with E-state index in [4.69, 9.17) is 16.5 Å². The minimum atomic E-state index is 0.379. The standard InChI is InChI=1S/C54H28N6S/c1-56-51-46(31-14-4-2-5-15-31)38(26-55)52(59-41-22-12-10-21-37(41)50-42(59)25-24-36-35-20-11-13-23-45(35)61-54(36)50)47(32-16-6-3-7-17-32)53(51)60-43-29-57-27-39-33-18-8-9-19-34(33)40-28-58-30-44(60)49(40)48(39)43/h2-25,27-30H. The molecule has 0 aliphatic rings. The first-order chi connectivity index (χ1) is 30.2. The lowest BCUT2D eigenvalue weighted by Crippen LogP contribution is -2.08. The molecule has 13 aromatic rings. The van der Waals surface area contributed by atoms with Gasteiger partial charge in [-0.15, -0.1) is 11.3 Å². The fraction of sp³-hybridized carbons (Fsp3) is 0. The third-order valence-corrected chi connectivity index (χ3v) is 13.7. The summed E-state index contributed by atoms with van der Waals surface area (Å²) in [5.41, 5.74) is 8.89. The van der Waals surface area contributed by atoms with Crippen molar-refractivity contribution in [1.29, 1.82) is 5.26 Å². The molecule has 0 bridgehead atoms. The number of pyridine rings is 2. The molecule has 8 aromatic carbocycles. The van der Waals surface area contributed by atoms with Crippen LogP contribution in [0.4, 0.5) is 5.69 Å². The molecule has 0 aliphatic carbocycles. The van der Waals surface area contributed by atoms with E-state index in [1.807, 2.05) is 73.3 Å². The number of hydrogen-bond acceptors (Lipinski definition) is 4. The van der Waals surface area contributed by atoms with E-state index in [2.05, 4.69) is 117 Å². The van der Waals surface area contributed by atoms with Gasteiger partial charge in [0.2, 0.25) is 5.69 Å². The van der Waals surface area contributed by atoms with Crippen molar-refractivity contribution < 1.29 is 0 Å². The number of aromatic nitrogens is 4. The maximum absolute atomic E-state index is 11.7. The molecule has 0 saturated heterocycles. The highest BCUT2D eigenvalue weighted by Gasteiger charge is 2.32. The Morgan fingerprint density at radius 3 is 1.67 bits per heavy atom. The molecule has 0 radical (unpaired) electrons. The Bertz CT molecular complexity index is 3980. The maximum Gasteiger partial charge on any atom is 0.220 e. The van der Waals surface area contributed by atoms with Crippen molar-refractivity contribution in [2.75, 3.05) is 0 Å². The van der Waals surface area contributed by atoms with Crippen LogP contribution < -0.4 is 0 Å². The Hall–Kier alpha value is -8.36. The fourth-order valence-electron chi connectivity index (χ4n) is 10.1. The zero-order chi connectivity index (χ0) is 40.3. The minimum absolute atomic E-state index is 0.379. The number of benzene rings is 8. The van der Waals surface area contributed by atoms with Crippen molar-refractivity contribution in [3.05, 3.63) is 187 Å². The zero-order valence-corrected chi connectivity index (χ0v) is 33.1. The van der Waals surface area contributed by atoms with Gasteiger partial charge in [0.05, 0.1) is 58.0 Å². The van der Waals surface area contributed by atoms with Gasteiger partial charge in [-0.05, 0) is 40.1 Å². The lowest BCUT2D eigenvalue weighted by atomic mass is 9.88. The lowest BCUT2D eigenvalue weighted by Gasteiger charge is -2.25. The monoisotopic (exact) mass is 792 g/mol. The molecule has 0 N–H and O–H groups in total. The van der Waals surface area contributed by atoms with Gasteiger partial charge >= 0.3 is 0 Å². The lowest BCUT2D eigenvalue weighted by molar-refractivity contribution is 1.13. The van der Waals surface area contributed by atoms with Gasteiger partial charge in [-0.1, -0.05) is 127 Å². The van der Waals surface area contributed by atoms with Gasteiger partial charge in [-0.25, -0.2) is 4.85 Å². The second kappa shape index (κ2) is 12.6. The Balaban J connectivity index is 1.31. The molecule has 0 spiro atoms. The largest absolute Gasteiger partial charge is 0.315 e. The van der Waals surface area contributed by atoms with Crippen LogP contribution in [0.1, 0.15) is 5.56 Å². The first-order valence-corrected chi connectivity index (χ1v) is 20.9. The second-order valence-electron chi connectivity index (χ2n) is 15.5. The third kappa shape index (κ3) is 4.42. The van der Waals surface area contributed by atoms with Crippen LogP contribution in [0.5, 0.6) is 0 Å². The molecule has 0 fully saturated rings. The van der Waals surface area contributed by atoms with Crippen LogP contribution in [-0.4, -0.2) is 19.1 Å². The van der Waals surface area contributed by atoms with Crippen molar-refractivity contribution in [2.24, 2.45) is 0 Å². The number of rotatable bonds is 4. The van der Waals surface area contributed by atoms with E-state index in [1.54, 1.807) is 11.3 Å². The van der Waals surface area contributed by atoms with Crippen LogP contribution in [-0.2, 0) is 0 Å². The first-order valence-electron chi connectivity index (χ1n) is 20.1. The van der Waals surface area contributed by atoms with Gasteiger partial charge in [0.15, 0.2) is 0 Å². The van der Waals surface area contributed by atoms with Gasteiger partial charge in [0.1, 0.15) is 6.07 Å². The van der Waals surface area contributed by atoms with Crippen LogP contribution >= 0.6 is 11.3 Å². The smallest absolute Gasteiger partial charge is 0.220 e.